The zero-order valence-corrected chi connectivity index (χ0v) is 8.63. The van der Waals surface area contributed by atoms with Gasteiger partial charge in [-0.15, -0.1) is 0 Å². The highest BCUT2D eigenvalue weighted by Crippen LogP contribution is 2.77. The Hall–Kier alpha value is -0.440. The minimum absolute atomic E-state index is 0.703. The maximum Gasteiger partial charge on any atom is 0.453 e. The molecule has 3 fully saturated rings. The van der Waals surface area contributed by atoms with Crippen LogP contribution < -0.4 is 5.14 Å². The van der Waals surface area contributed by atoms with Crippen molar-refractivity contribution in [2.24, 2.45) is 10.6 Å². The third kappa shape index (κ3) is 1.08. The largest absolute Gasteiger partial charge is 0.453 e. The first kappa shape index (κ1) is 12.0. The molecule has 0 radical (unpaired) electrons. The van der Waals surface area contributed by atoms with Crippen LogP contribution in [-0.4, -0.2) is 25.3 Å². The summed E-state index contributed by atoms with van der Waals surface area (Å²) in [5, 5.41) is 4.77. The first-order chi connectivity index (χ1) is 6.87. The Morgan fingerprint density at radius 1 is 1.00 bits per heavy atom. The van der Waals surface area contributed by atoms with E-state index in [9.17, 15) is 30.4 Å². The summed E-state index contributed by atoms with van der Waals surface area (Å²) in [7, 11) is -4.04. The van der Waals surface area contributed by atoms with Gasteiger partial charge in [-0.3, -0.25) is 0 Å². The molecule has 3 nitrogen and oxygen atoms in total. The minimum atomic E-state index is -5.64. The van der Waals surface area contributed by atoms with Crippen LogP contribution in [0.4, 0.5) is 22.0 Å². The topological polar surface area (TPSA) is 60.2 Å². The molecule has 16 heavy (non-hydrogen) atoms. The van der Waals surface area contributed by atoms with E-state index in [0.717, 1.165) is 0 Å². The molecule has 3 saturated carbocycles. The fourth-order valence-corrected chi connectivity index (χ4v) is 4.06. The van der Waals surface area contributed by atoms with Gasteiger partial charge in [0.15, 0.2) is 0 Å². The van der Waals surface area contributed by atoms with E-state index in [4.69, 9.17) is 5.14 Å². The van der Waals surface area contributed by atoms with Gasteiger partial charge < -0.3 is 0 Å². The van der Waals surface area contributed by atoms with E-state index < -0.39 is 51.5 Å². The number of primary sulfonamides is 1. The maximum atomic E-state index is 13.0. The van der Waals surface area contributed by atoms with E-state index in [-0.39, 0.29) is 0 Å². The van der Waals surface area contributed by atoms with E-state index in [2.05, 4.69) is 0 Å². The summed E-state index contributed by atoms with van der Waals surface area (Å²) in [5.74, 6) is -4.84. The molecule has 0 saturated heterocycles. The molecule has 0 heterocycles. The van der Waals surface area contributed by atoms with Crippen molar-refractivity contribution in [1.29, 1.82) is 0 Å². The van der Waals surface area contributed by atoms with E-state index in [1.54, 1.807) is 0 Å². The van der Waals surface area contributed by atoms with Crippen LogP contribution in [0.3, 0.4) is 0 Å². The number of sulfonamides is 1. The van der Waals surface area contributed by atoms with Gasteiger partial charge in [-0.25, -0.2) is 13.6 Å². The number of nitrogens with two attached hydrogens (primary N) is 1. The normalized spacial score (nSPS) is 38.9. The van der Waals surface area contributed by atoms with Crippen LogP contribution in [0.15, 0.2) is 0 Å². The number of hydrogen-bond acceptors (Lipinski definition) is 2. The number of alkyl halides is 5. The summed E-state index contributed by atoms with van der Waals surface area (Å²) in [6.07, 6.45) is -7.75. The molecular formula is C7H8F5NO2S. The van der Waals surface area contributed by atoms with E-state index in [1.165, 1.54) is 0 Å². The van der Waals surface area contributed by atoms with Gasteiger partial charge in [0.1, 0.15) is 0 Å². The Labute approximate surface area is 87.8 Å². The molecule has 2 bridgehead atoms. The molecule has 9 heteroatoms. The molecule has 94 valence electrons. The lowest BCUT2D eigenvalue weighted by atomic mass is 9.41. The molecule has 0 aromatic rings. The zero-order valence-electron chi connectivity index (χ0n) is 7.81. The van der Waals surface area contributed by atoms with Crippen LogP contribution in [-0.2, 0) is 10.0 Å². The second kappa shape index (κ2) is 2.53. The summed E-state index contributed by atoms with van der Waals surface area (Å²) in [5.41, 5.74) is -2.25. The average Bonchev–Trinajstić information content (AvgIpc) is 1.70. The lowest BCUT2D eigenvalue weighted by molar-refractivity contribution is -0.374. The molecule has 3 rings (SSSR count). The Kier molecular flexibility index (Phi) is 1.90. The number of hydrogen-bond donors (Lipinski definition) is 1. The van der Waals surface area contributed by atoms with Crippen molar-refractivity contribution in [3.8, 4) is 0 Å². The second-order valence-electron chi connectivity index (χ2n) is 4.61. The van der Waals surface area contributed by atoms with Crippen LogP contribution >= 0.6 is 0 Å². The van der Waals surface area contributed by atoms with Crippen LogP contribution in [0.5, 0.6) is 0 Å². The summed E-state index contributed by atoms with van der Waals surface area (Å²) >= 11 is 0. The maximum absolute atomic E-state index is 13.0. The summed E-state index contributed by atoms with van der Waals surface area (Å²) < 4.78 is 82.5. The molecule has 0 aromatic carbocycles. The molecule has 0 atom stereocenters. The Balaban J connectivity index is 2.22. The molecule has 3 aliphatic carbocycles. The van der Waals surface area contributed by atoms with E-state index >= 15 is 0 Å². The Bertz CT molecular complexity index is 420. The standard InChI is InChI=1S/C7H8F5NO2S/c8-6(9,7(10,11)12)4-1-5(2-4,3-4)16(13,14)15/h1-3H2,(H2,13,14,15). The number of halogens is 5. The fraction of sp³-hybridized carbons (Fsp3) is 1.00. The quantitative estimate of drug-likeness (QED) is 0.767. The summed E-state index contributed by atoms with van der Waals surface area (Å²) in [6.45, 7) is 0. The molecule has 0 amide bonds. The van der Waals surface area contributed by atoms with Crippen molar-refractivity contribution in [1.82, 2.24) is 0 Å². The fourth-order valence-electron chi connectivity index (χ4n) is 2.63. The van der Waals surface area contributed by atoms with Crippen molar-refractivity contribution >= 4 is 10.0 Å². The average molecular weight is 265 g/mol. The van der Waals surface area contributed by atoms with Crippen LogP contribution in [0.1, 0.15) is 19.3 Å². The number of rotatable bonds is 2. The minimum Gasteiger partial charge on any atom is -0.228 e. The predicted octanol–water partition coefficient (Wildman–Crippen LogP) is 1.40. The van der Waals surface area contributed by atoms with Gasteiger partial charge in [0.2, 0.25) is 10.0 Å². The van der Waals surface area contributed by atoms with Crippen LogP contribution in [0.2, 0.25) is 0 Å². The second-order valence-corrected chi connectivity index (χ2v) is 6.57. The van der Waals surface area contributed by atoms with Gasteiger partial charge in [-0.05, 0) is 19.3 Å². The summed E-state index contributed by atoms with van der Waals surface area (Å²) in [4.78, 5) is 0. The van der Waals surface area contributed by atoms with E-state index in [0.29, 0.717) is 0 Å². The molecule has 2 N–H and O–H groups in total. The molecule has 0 aromatic heterocycles. The van der Waals surface area contributed by atoms with Crippen molar-refractivity contribution in [3.63, 3.8) is 0 Å². The van der Waals surface area contributed by atoms with Gasteiger partial charge in [-0.1, -0.05) is 0 Å². The molecular weight excluding hydrogens is 257 g/mol. The smallest absolute Gasteiger partial charge is 0.228 e. The van der Waals surface area contributed by atoms with Gasteiger partial charge in [0.25, 0.3) is 0 Å². The lowest BCUT2D eigenvalue weighted by Gasteiger charge is -2.70. The monoisotopic (exact) mass is 265 g/mol. The molecule has 0 aliphatic heterocycles. The third-order valence-corrected chi connectivity index (χ3v) is 5.25. The van der Waals surface area contributed by atoms with Crippen molar-refractivity contribution in [2.75, 3.05) is 0 Å². The predicted molar refractivity (Wildman–Crippen MR) is 43.1 cm³/mol. The van der Waals surface area contributed by atoms with Crippen LogP contribution in [0.25, 0.3) is 0 Å². The highest BCUT2D eigenvalue weighted by Gasteiger charge is 2.86. The first-order valence-corrected chi connectivity index (χ1v) is 5.89. The zero-order chi connectivity index (χ0) is 12.6. The molecule has 3 aliphatic rings. The molecule has 0 unspecified atom stereocenters. The molecule has 0 spiro atoms. The SMILES string of the molecule is NS(=O)(=O)C12CC(C(F)(F)C(F)(F)F)(C1)C2. The highest BCUT2D eigenvalue weighted by molar-refractivity contribution is 7.90. The summed E-state index contributed by atoms with van der Waals surface area (Å²) in [6, 6.07) is 0. The third-order valence-electron chi connectivity index (χ3n) is 3.61. The Morgan fingerprint density at radius 3 is 1.62 bits per heavy atom. The van der Waals surface area contributed by atoms with Crippen molar-refractivity contribution < 1.29 is 30.4 Å². The van der Waals surface area contributed by atoms with Crippen molar-refractivity contribution in [3.05, 3.63) is 0 Å². The van der Waals surface area contributed by atoms with E-state index in [1.807, 2.05) is 0 Å². The van der Waals surface area contributed by atoms with Gasteiger partial charge in [0.05, 0.1) is 4.75 Å². The lowest BCUT2D eigenvalue weighted by Crippen LogP contribution is -2.79. The van der Waals surface area contributed by atoms with Crippen molar-refractivity contribution in [2.45, 2.75) is 36.1 Å². The van der Waals surface area contributed by atoms with Gasteiger partial charge in [0, 0.05) is 5.41 Å². The highest BCUT2D eigenvalue weighted by atomic mass is 32.2. The Morgan fingerprint density at radius 2 is 1.38 bits per heavy atom. The van der Waals surface area contributed by atoms with Crippen LogP contribution in [0, 0.1) is 5.41 Å². The first-order valence-electron chi connectivity index (χ1n) is 4.34. The van der Waals surface area contributed by atoms with Gasteiger partial charge >= 0.3 is 12.1 Å². The van der Waals surface area contributed by atoms with Gasteiger partial charge in [-0.2, -0.15) is 22.0 Å².